The van der Waals surface area contributed by atoms with Gasteiger partial charge in [-0.2, -0.15) is 0 Å². The Labute approximate surface area is 154 Å². The van der Waals surface area contributed by atoms with Crippen LogP contribution in [0.5, 0.6) is 0 Å². The fraction of sp³-hybridized carbons (Fsp3) is 0.900. The van der Waals surface area contributed by atoms with Crippen molar-refractivity contribution >= 4 is 11.9 Å². The lowest BCUT2D eigenvalue weighted by molar-refractivity contribution is -0.149. The number of carbonyl (C=O) groups is 2. The number of nitrogens with one attached hydrogen (secondary N) is 1. The van der Waals surface area contributed by atoms with Crippen LogP contribution < -0.4 is 5.32 Å². The first-order valence-corrected chi connectivity index (χ1v) is 10.1. The third kappa shape index (κ3) is 12.0. The Morgan fingerprint density at radius 1 is 0.760 bits per heavy atom. The monoisotopic (exact) mass is 357 g/mol. The van der Waals surface area contributed by atoms with Crippen LogP contribution in [0.4, 0.5) is 0 Å². The average Bonchev–Trinajstić information content (AvgIpc) is 2.62. The first-order chi connectivity index (χ1) is 12.1. The molecule has 0 saturated heterocycles. The molecule has 2 atom stereocenters. The molecule has 0 aromatic heterocycles. The molecule has 0 radical (unpaired) electrons. The van der Waals surface area contributed by atoms with Crippen LogP contribution in [0.15, 0.2) is 0 Å². The number of ether oxygens (including phenoxy) is 2. The molecule has 2 unspecified atom stereocenters. The summed E-state index contributed by atoms with van der Waals surface area (Å²) in [6.45, 7) is 10.2. The van der Waals surface area contributed by atoms with Crippen LogP contribution in [-0.4, -0.2) is 38.2 Å². The van der Waals surface area contributed by atoms with Crippen molar-refractivity contribution in [3.05, 3.63) is 0 Å². The van der Waals surface area contributed by atoms with Crippen LogP contribution in [-0.2, 0) is 19.1 Å². The van der Waals surface area contributed by atoms with E-state index >= 15 is 0 Å². The summed E-state index contributed by atoms with van der Waals surface area (Å²) in [5, 5.41) is 3.14. The highest BCUT2D eigenvalue weighted by molar-refractivity contribution is 5.72. The number of rotatable bonds is 16. The minimum Gasteiger partial charge on any atom is -0.464 e. The molecule has 0 fully saturated rings. The Morgan fingerprint density at radius 2 is 1.16 bits per heavy atom. The molecule has 0 spiro atoms. The number of esters is 2. The minimum atomic E-state index is -0.0918. The molecule has 25 heavy (non-hydrogen) atoms. The molecule has 1 N–H and O–H groups in total. The first-order valence-electron chi connectivity index (χ1n) is 10.1. The zero-order valence-corrected chi connectivity index (χ0v) is 16.8. The third-order valence-electron chi connectivity index (χ3n) is 4.51. The fourth-order valence-electron chi connectivity index (χ4n) is 2.69. The highest BCUT2D eigenvalue weighted by Gasteiger charge is 2.18. The number of hydrogen-bond acceptors (Lipinski definition) is 5. The van der Waals surface area contributed by atoms with E-state index in [1.54, 1.807) is 0 Å². The van der Waals surface area contributed by atoms with Crippen molar-refractivity contribution in [3.8, 4) is 0 Å². The molecule has 0 rings (SSSR count). The van der Waals surface area contributed by atoms with E-state index in [1.807, 2.05) is 13.8 Å². The lowest BCUT2D eigenvalue weighted by Crippen LogP contribution is -2.28. The van der Waals surface area contributed by atoms with Gasteiger partial charge in [0.25, 0.3) is 0 Å². The summed E-state index contributed by atoms with van der Waals surface area (Å²) in [6, 6.07) is 0. The van der Waals surface area contributed by atoms with Crippen LogP contribution in [0.1, 0.15) is 79.1 Å². The summed E-state index contributed by atoms with van der Waals surface area (Å²) in [5.41, 5.74) is 0. The van der Waals surface area contributed by atoms with Gasteiger partial charge in [0.1, 0.15) is 13.2 Å². The van der Waals surface area contributed by atoms with Gasteiger partial charge in [-0.3, -0.25) is 9.59 Å². The highest BCUT2D eigenvalue weighted by Crippen LogP contribution is 2.15. The van der Waals surface area contributed by atoms with E-state index in [0.29, 0.717) is 26.3 Å². The largest absolute Gasteiger partial charge is 0.464 e. The van der Waals surface area contributed by atoms with Crippen molar-refractivity contribution in [1.29, 1.82) is 0 Å². The number of unbranched alkanes of at least 4 members (excludes halogenated alkanes) is 2. The molecular weight excluding hydrogens is 318 g/mol. The Morgan fingerprint density at radius 3 is 1.48 bits per heavy atom. The van der Waals surface area contributed by atoms with Gasteiger partial charge in [0.15, 0.2) is 0 Å². The zero-order chi connectivity index (χ0) is 18.9. The Hall–Kier alpha value is -1.10. The third-order valence-corrected chi connectivity index (χ3v) is 4.51. The minimum absolute atomic E-state index is 0.0232. The first kappa shape index (κ1) is 23.9. The van der Waals surface area contributed by atoms with Gasteiger partial charge < -0.3 is 14.8 Å². The van der Waals surface area contributed by atoms with Crippen LogP contribution in [0.25, 0.3) is 0 Å². The van der Waals surface area contributed by atoms with Crippen molar-refractivity contribution in [2.45, 2.75) is 79.1 Å². The number of hydrogen-bond donors (Lipinski definition) is 1. The van der Waals surface area contributed by atoms with Crippen molar-refractivity contribution < 1.29 is 19.1 Å². The predicted molar refractivity (Wildman–Crippen MR) is 101 cm³/mol. The van der Waals surface area contributed by atoms with E-state index in [-0.39, 0.29) is 23.8 Å². The maximum atomic E-state index is 11.9. The maximum absolute atomic E-state index is 11.9. The molecule has 5 nitrogen and oxygen atoms in total. The van der Waals surface area contributed by atoms with Gasteiger partial charge in [-0.1, -0.05) is 53.4 Å². The molecule has 0 aliphatic carbocycles. The predicted octanol–water partition coefficient (Wildman–Crippen LogP) is 4.10. The van der Waals surface area contributed by atoms with Gasteiger partial charge in [-0.25, -0.2) is 0 Å². The van der Waals surface area contributed by atoms with E-state index in [1.165, 1.54) is 0 Å². The second-order valence-electron chi connectivity index (χ2n) is 6.58. The molecule has 0 amide bonds. The second-order valence-corrected chi connectivity index (χ2v) is 6.58. The summed E-state index contributed by atoms with van der Waals surface area (Å²) in [4.78, 5) is 23.9. The van der Waals surface area contributed by atoms with Gasteiger partial charge in [-0.05, 0) is 25.7 Å². The molecule has 0 heterocycles. The lowest BCUT2D eigenvalue weighted by Gasteiger charge is -2.15. The molecule has 0 aliphatic rings. The molecule has 5 heteroatoms. The summed E-state index contributed by atoms with van der Waals surface area (Å²) in [5.74, 6) is -0.137. The summed E-state index contributed by atoms with van der Waals surface area (Å²) in [6.07, 6.45) is 7.81. The van der Waals surface area contributed by atoms with Gasteiger partial charge >= 0.3 is 11.9 Å². The summed E-state index contributed by atoms with van der Waals surface area (Å²) < 4.78 is 10.6. The molecule has 0 aliphatic heterocycles. The quantitative estimate of drug-likeness (QED) is 0.333. The Bertz CT molecular complexity index is 315. The topological polar surface area (TPSA) is 64.6 Å². The van der Waals surface area contributed by atoms with Crippen LogP contribution in [0, 0.1) is 11.8 Å². The van der Waals surface area contributed by atoms with Crippen LogP contribution >= 0.6 is 0 Å². The molecule has 148 valence electrons. The van der Waals surface area contributed by atoms with Gasteiger partial charge in [-0.15, -0.1) is 0 Å². The molecule has 0 aromatic rings. The molecule has 0 bridgehead atoms. The van der Waals surface area contributed by atoms with Gasteiger partial charge in [0.05, 0.1) is 11.8 Å². The molecule has 0 aromatic carbocycles. The van der Waals surface area contributed by atoms with Crippen molar-refractivity contribution in [2.75, 3.05) is 26.3 Å². The Kier molecular flexibility index (Phi) is 15.7. The lowest BCUT2D eigenvalue weighted by atomic mass is 10.00. The van der Waals surface area contributed by atoms with E-state index in [4.69, 9.17) is 9.47 Å². The summed E-state index contributed by atoms with van der Waals surface area (Å²) in [7, 11) is 0. The number of carbonyl (C=O) groups excluding carboxylic acids is 2. The summed E-state index contributed by atoms with van der Waals surface area (Å²) >= 11 is 0. The van der Waals surface area contributed by atoms with Crippen molar-refractivity contribution in [2.24, 2.45) is 11.8 Å². The van der Waals surface area contributed by atoms with E-state index in [0.717, 1.165) is 51.4 Å². The molecule has 0 saturated carbocycles. The smallest absolute Gasteiger partial charge is 0.308 e. The van der Waals surface area contributed by atoms with Crippen LogP contribution in [0.2, 0.25) is 0 Å². The van der Waals surface area contributed by atoms with Crippen molar-refractivity contribution in [1.82, 2.24) is 5.32 Å². The average molecular weight is 358 g/mol. The molecular formula is C20H39NO4. The SMILES string of the molecule is CCCCC(CC)C(=O)OCCNCCOC(=O)C(CC)CCCC. The van der Waals surface area contributed by atoms with E-state index in [2.05, 4.69) is 19.2 Å². The van der Waals surface area contributed by atoms with E-state index in [9.17, 15) is 9.59 Å². The zero-order valence-electron chi connectivity index (χ0n) is 16.8. The standard InChI is InChI=1S/C20H39NO4/c1-5-9-11-17(7-3)19(22)24-15-13-21-14-16-25-20(23)18(8-4)12-10-6-2/h17-18,21H,5-16H2,1-4H3. The maximum Gasteiger partial charge on any atom is 0.308 e. The fourth-order valence-corrected chi connectivity index (χ4v) is 2.69. The van der Waals surface area contributed by atoms with E-state index < -0.39 is 0 Å². The highest BCUT2D eigenvalue weighted by atomic mass is 16.5. The second kappa shape index (κ2) is 16.4. The van der Waals surface area contributed by atoms with Crippen LogP contribution in [0.3, 0.4) is 0 Å². The normalized spacial score (nSPS) is 13.3. The van der Waals surface area contributed by atoms with Crippen molar-refractivity contribution in [3.63, 3.8) is 0 Å². The Balaban J connectivity index is 3.71. The van der Waals surface area contributed by atoms with Gasteiger partial charge in [0, 0.05) is 13.1 Å². The van der Waals surface area contributed by atoms with Gasteiger partial charge in [0.2, 0.25) is 0 Å².